The number of hydrogen-bond donors (Lipinski definition) is 1. The molecule has 0 bridgehead atoms. The van der Waals surface area contributed by atoms with Gasteiger partial charge in [0.1, 0.15) is 5.54 Å². The lowest BCUT2D eigenvalue weighted by Crippen LogP contribution is -2.57. The number of hydrogen-bond acceptors (Lipinski definition) is 5. The third kappa shape index (κ3) is 4.60. The second-order valence-corrected chi connectivity index (χ2v) is 7.30. The molecule has 2 fully saturated rings. The maximum Gasteiger partial charge on any atom is 0.327 e. The molecule has 1 aliphatic carbocycles. The zero-order chi connectivity index (χ0) is 15.1. The van der Waals surface area contributed by atoms with E-state index in [9.17, 15) is 4.79 Å². The summed E-state index contributed by atoms with van der Waals surface area (Å²) >= 11 is 1.93. The summed E-state index contributed by atoms with van der Waals surface area (Å²) in [5.41, 5.74) is -0.463. The third-order valence-electron chi connectivity index (χ3n) is 4.32. The largest absolute Gasteiger partial charge is 0.465 e. The van der Waals surface area contributed by atoms with Gasteiger partial charge in [-0.15, -0.1) is 0 Å². The Balaban J connectivity index is 1.99. The van der Waals surface area contributed by atoms with E-state index in [1.807, 2.05) is 18.7 Å². The van der Waals surface area contributed by atoms with E-state index in [1.54, 1.807) is 0 Å². The number of nitrogens with one attached hydrogen (secondary N) is 1. The normalized spacial score (nSPS) is 22.8. The highest BCUT2D eigenvalue weighted by Crippen LogP contribution is 2.43. The monoisotopic (exact) mass is 315 g/mol. The Morgan fingerprint density at radius 3 is 2.57 bits per heavy atom. The molecule has 1 unspecified atom stereocenters. The van der Waals surface area contributed by atoms with Crippen LogP contribution in [0.4, 0.5) is 0 Å². The zero-order valence-electron chi connectivity index (χ0n) is 13.4. The fourth-order valence-electron chi connectivity index (χ4n) is 2.89. The van der Waals surface area contributed by atoms with Crippen molar-refractivity contribution in [2.24, 2.45) is 5.92 Å². The van der Waals surface area contributed by atoms with Crippen molar-refractivity contribution in [3.8, 4) is 0 Å². The topological polar surface area (TPSA) is 47.6 Å². The highest BCUT2D eigenvalue weighted by molar-refractivity contribution is 8.00. The minimum atomic E-state index is -0.463. The first-order chi connectivity index (χ1) is 10.2. The second kappa shape index (κ2) is 8.39. The summed E-state index contributed by atoms with van der Waals surface area (Å²) < 4.78 is 10.8. The fraction of sp³-hybridized carbons (Fsp3) is 0.938. The molecule has 21 heavy (non-hydrogen) atoms. The first kappa shape index (κ1) is 17.1. The molecule has 2 rings (SSSR count). The maximum absolute atomic E-state index is 12.6. The van der Waals surface area contributed by atoms with Crippen molar-refractivity contribution in [1.29, 1.82) is 0 Å². The van der Waals surface area contributed by atoms with Gasteiger partial charge in [0.25, 0.3) is 0 Å². The predicted octanol–water partition coefficient (Wildman–Crippen LogP) is 2.61. The lowest BCUT2D eigenvalue weighted by molar-refractivity contribution is -0.151. The van der Waals surface area contributed by atoms with Crippen molar-refractivity contribution in [2.45, 2.75) is 56.7 Å². The van der Waals surface area contributed by atoms with E-state index in [1.165, 1.54) is 0 Å². The van der Waals surface area contributed by atoms with Crippen LogP contribution in [0.5, 0.6) is 0 Å². The second-order valence-electron chi connectivity index (χ2n) is 6.02. The van der Waals surface area contributed by atoms with Gasteiger partial charge in [0, 0.05) is 24.2 Å². The Labute approximate surface area is 132 Å². The predicted molar refractivity (Wildman–Crippen MR) is 86.7 cm³/mol. The van der Waals surface area contributed by atoms with Crippen LogP contribution in [-0.2, 0) is 14.3 Å². The van der Waals surface area contributed by atoms with Crippen molar-refractivity contribution in [3.63, 3.8) is 0 Å². The van der Waals surface area contributed by atoms with Crippen molar-refractivity contribution in [3.05, 3.63) is 0 Å². The third-order valence-corrected chi connectivity index (χ3v) is 5.88. The molecule has 1 heterocycles. The minimum absolute atomic E-state index is 0.0412. The van der Waals surface area contributed by atoms with E-state index in [0.717, 1.165) is 57.6 Å². The van der Waals surface area contributed by atoms with E-state index in [-0.39, 0.29) is 5.97 Å². The summed E-state index contributed by atoms with van der Waals surface area (Å²) in [6.07, 6.45) is 5.52. The van der Waals surface area contributed by atoms with Crippen molar-refractivity contribution in [1.82, 2.24) is 5.32 Å². The lowest BCUT2D eigenvalue weighted by Gasteiger charge is -2.34. The summed E-state index contributed by atoms with van der Waals surface area (Å²) in [6.45, 7) is 7.08. The quantitative estimate of drug-likeness (QED) is 0.663. The zero-order valence-corrected chi connectivity index (χ0v) is 14.2. The van der Waals surface area contributed by atoms with Crippen LogP contribution in [0.2, 0.25) is 0 Å². The molecule has 5 heteroatoms. The highest BCUT2D eigenvalue weighted by atomic mass is 32.2. The van der Waals surface area contributed by atoms with Gasteiger partial charge in [-0.3, -0.25) is 4.79 Å². The van der Waals surface area contributed by atoms with Crippen LogP contribution < -0.4 is 5.32 Å². The van der Waals surface area contributed by atoms with Gasteiger partial charge in [0.2, 0.25) is 0 Å². The number of esters is 1. The standard InChI is InChI=1S/C16H29NO3S/c1-3-9-17-16(13-5-6-13,15(18)20-4-2)12-21-14-7-10-19-11-8-14/h13-14,17H,3-12H2,1-2H3. The molecule has 0 aromatic carbocycles. The Hall–Kier alpha value is -0.260. The number of thioether (sulfide) groups is 1. The molecule has 0 radical (unpaired) electrons. The van der Waals surface area contributed by atoms with Crippen molar-refractivity contribution >= 4 is 17.7 Å². The van der Waals surface area contributed by atoms with E-state index in [0.29, 0.717) is 17.8 Å². The van der Waals surface area contributed by atoms with Gasteiger partial charge in [-0.05, 0) is 51.5 Å². The summed E-state index contributed by atoms with van der Waals surface area (Å²) in [5, 5.41) is 4.16. The van der Waals surface area contributed by atoms with Gasteiger partial charge in [-0.1, -0.05) is 6.92 Å². The van der Waals surface area contributed by atoms with Crippen LogP contribution >= 0.6 is 11.8 Å². The molecule has 1 saturated heterocycles. The summed E-state index contributed by atoms with van der Waals surface area (Å²) in [6, 6.07) is 0. The van der Waals surface area contributed by atoms with E-state index in [2.05, 4.69) is 12.2 Å². The molecule has 1 atom stereocenters. The molecule has 122 valence electrons. The van der Waals surface area contributed by atoms with Crippen LogP contribution in [0, 0.1) is 5.92 Å². The minimum Gasteiger partial charge on any atom is -0.465 e. The van der Waals surface area contributed by atoms with E-state index in [4.69, 9.17) is 9.47 Å². The molecule has 4 nitrogen and oxygen atoms in total. The van der Waals surface area contributed by atoms with Crippen molar-refractivity contribution < 1.29 is 14.3 Å². The van der Waals surface area contributed by atoms with Crippen LogP contribution in [0.1, 0.15) is 46.0 Å². The molecule has 2 aliphatic rings. The SMILES string of the molecule is CCCNC(CSC1CCOCC1)(C(=O)OCC)C1CC1. The lowest BCUT2D eigenvalue weighted by atomic mass is 9.95. The van der Waals surface area contributed by atoms with Gasteiger partial charge in [-0.2, -0.15) is 11.8 Å². The number of carbonyl (C=O) groups excluding carboxylic acids is 1. The fourth-order valence-corrected chi connectivity index (χ4v) is 4.37. The van der Waals surface area contributed by atoms with Crippen LogP contribution in [0.15, 0.2) is 0 Å². The van der Waals surface area contributed by atoms with Crippen LogP contribution in [0.25, 0.3) is 0 Å². The molecule has 0 amide bonds. The van der Waals surface area contributed by atoms with Gasteiger partial charge in [0.05, 0.1) is 6.61 Å². The van der Waals surface area contributed by atoms with Crippen molar-refractivity contribution in [2.75, 3.05) is 32.1 Å². The molecule has 1 aliphatic heterocycles. The Kier molecular flexibility index (Phi) is 6.83. The van der Waals surface area contributed by atoms with Gasteiger partial charge in [0.15, 0.2) is 0 Å². The number of carbonyl (C=O) groups is 1. The van der Waals surface area contributed by atoms with E-state index < -0.39 is 5.54 Å². The summed E-state index contributed by atoms with van der Waals surface area (Å²) in [4.78, 5) is 12.6. The molecule has 0 aromatic heterocycles. The molecular weight excluding hydrogens is 286 g/mol. The average Bonchev–Trinajstić information content (AvgIpc) is 3.34. The molecule has 0 aromatic rings. The van der Waals surface area contributed by atoms with Gasteiger partial charge >= 0.3 is 5.97 Å². The highest BCUT2D eigenvalue weighted by Gasteiger charge is 2.51. The number of rotatable bonds is 9. The summed E-state index contributed by atoms with van der Waals surface area (Å²) in [5.74, 6) is 1.25. The molecule has 1 saturated carbocycles. The Morgan fingerprint density at radius 2 is 2.00 bits per heavy atom. The van der Waals surface area contributed by atoms with Gasteiger partial charge in [-0.25, -0.2) is 0 Å². The summed E-state index contributed by atoms with van der Waals surface area (Å²) in [7, 11) is 0. The smallest absolute Gasteiger partial charge is 0.327 e. The first-order valence-electron chi connectivity index (χ1n) is 8.34. The number of ether oxygens (including phenoxy) is 2. The first-order valence-corrected chi connectivity index (χ1v) is 9.39. The molecule has 1 N–H and O–H groups in total. The maximum atomic E-state index is 12.6. The van der Waals surface area contributed by atoms with E-state index >= 15 is 0 Å². The Morgan fingerprint density at radius 1 is 1.29 bits per heavy atom. The molecule has 0 spiro atoms. The Bertz CT molecular complexity index is 329. The van der Waals surface area contributed by atoms with Gasteiger partial charge < -0.3 is 14.8 Å². The average molecular weight is 315 g/mol. The van der Waals surface area contributed by atoms with Crippen LogP contribution in [0.3, 0.4) is 0 Å². The van der Waals surface area contributed by atoms with Crippen LogP contribution in [-0.4, -0.2) is 48.9 Å². The molecular formula is C16H29NO3S.